The van der Waals surface area contributed by atoms with Crippen molar-refractivity contribution >= 4 is 52.1 Å². The average molecular weight is 426 g/mol. The van der Waals surface area contributed by atoms with E-state index in [4.69, 9.17) is 12.2 Å². The molecule has 0 aliphatic rings. The van der Waals surface area contributed by atoms with Gasteiger partial charge in [0.1, 0.15) is 5.82 Å². The number of hydrogen-bond acceptors (Lipinski definition) is 3. The molecule has 3 N–H and O–H groups in total. The Bertz CT molecular complexity index is 981. The second kappa shape index (κ2) is 10.0. The molecular weight excluding hydrogens is 405 g/mol. The minimum absolute atomic E-state index is 0.152. The number of benzene rings is 3. The minimum Gasteiger partial charge on any atom is -0.332 e. The van der Waals surface area contributed by atoms with Gasteiger partial charge in [0.05, 0.1) is 5.25 Å². The predicted molar refractivity (Wildman–Crippen MR) is 123 cm³/mol. The Labute approximate surface area is 178 Å². The standard InChI is InChI=1S/C22H20FN3OS2/c1-15(21(27)24-18-12-10-16(23)11-13-18)29-20-9-5-8-19(14-20)26-22(28)25-17-6-3-2-4-7-17/h2-15H,1H3,(H,24,27)(H2,25,26,28). The van der Waals surface area contributed by atoms with E-state index in [0.29, 0.717) is 10.8 Å². The SMILES string of the molecule is CC(Sc1cccc(NC(=S)Nc2ccccc2)c1)C(=O)Nc1ccc(F)cc1. The number of thioether (sulfide) groups is 1. The first kappa shape index (κ1) is 20.8. The Morgan fingerprint density at radius 3 is 2.21 bits per heavy atom. The summed E-state index contributed by atoms with van der Waals surface area (Å²) in [6.45, 7) is 1.82. The third kappa shape index (κ3) is 6.58. The Morgan fingerprint density at radius 2 is 1.48 bits per heavy atom. The fourth-order valence-electron chi connectivity index (χ4n) is 2.50. The number of anilines is 3. The summed E-state index contributed by atoms with van der Waals surface area (Å²) in [5.41, 5.74) is 2.30. The fourth-order valence-corrected chi connectivity index (χ4v) is 3.66. The maximum atomic E-state index is 13.0. The molecule has 0 aliphatic heterocycles. The number of carbonyl (C=O) groups is 1. The molecule has 1 amide bonds. The first-order chi connectivity index (χ1) is 14.0. The van der Waals surface area contributed by atoms with E-state index >= 15 is 0 Å². The van der Waals surface area contributed by atoms with Crippen LogP contribution in [0.2, 0.25) is 0 Å². The van der Waals surface area contributed by atoms with Gasteiger partial charge in [-0.25, -0.2) is 4.39 Å². The zero-order valence-corrected chi connectivity index (χ0v) is 17.3. The molecule has 0 spiro atoms. The number of amides is 1. The lowest BCUT2D eigenvalue weighted by Gasteiger charge is -2.14. The summed E-state index contributed by atoms with van der Waals surface area (Å²) in [4.78, 5) is 13.3. The van der Waals surface area contributed by atoms with Gasteiger partial charge < -0.3 is 16.0 Å². The Kier molecular flexibility index (Phi) is 7.21. The molecule has 0 heterocycles. The predicted octanol–water partition coefficient (Wildman–Crippen LogP) is 5.75. The zero-order chi connectivity index (χ0) is 20.6. The van der Waals surface area contributed by atoms with Crippen molar-refractivity contribution in [3.05, 3.63) is 84.7 Å². The molecular formula is C22H20FN3OS2. The molecule has 1 atom stereocenters. The first-order valence-electron chi connectivity index (χ1n) is 8.96. The molecule has 0 aliphatic carbocycles. The molecule has 0 saturated carbocycles. The molecule has 7 heteroatoms. The lowest BCUT2D eigenvalue weighted by Crippen LogP contribution is -2.22. The van der Waals surface area contributed by atoms with E-state index in [0.717, 1.165) is 16.3 Å². The molecule has 1 unspecified atom stereocenters. The van der Waals surface area contributed by atoms with Crippen LogP contribution in [0.4, 0.5) is 21.5 Å². The van der Waals surface area contributed by atoms with Crippen LogP contribution in [0.15, 0.2) is 83.8 Å². The summed E-state index contributed by atoms with van der Waals surface area (Å²) in [7, 11) is 0. The largest absolute Gasteiger partial charge is 0.332 e. The van der Waals surface area contributed by atoms with Gasteiger partial charge in [-0.05, 0) is 73.7 Å². The van der Waals surface area contributed by atoms with Gasteiger partial charge in [-0.3, -0.25) is 4.79 Å². The van der Waals surface area contributed by atoms with E-state index in [1.165, 1.54) is 36.0 Å². The summed E-state index contributed by atoms with van der Waals surface area (Å²) in [6.07, 6.45) is 0. The van der Waals surface area contributed by atoms with E-state index in [-0.39, 0.29) is 17.0 Å². The minimum atomic E-state index is -0.339. The van der Waals surface area contributed by atoms with Crippen LogP contribution in [-0.2, 0) is 4.79 Å². The Morgan fingerprint density at radius 1 is 0.862 bits per heavy atom. The number of rotatable bonds is 6. The van der Waals surface area contributed by atoms with Crippen LogP contribution >= 0.6 is 24.0 Å². The number of thiocarbonyl (C=S) groups is 1. The van der Waals surface area contributed by atoms with Crippen LogP contribution in [0.1, 0.15) is 6.92 Å². The number of hydrogen-bond donors (Lipinski definition) is 3. The second-order valence-electron chi connectivity index (χ2n) is 6.23. The first-order valence-corrected chi connectivity index (χ1v) is 10.2. The molecule has 3 rings (SSSR count). The number of nitrogens with one attached hydrogen (secondary N) is 3. The van der Waals surface area contributed by atoms with Crippen LogP contribution in [0.3, 0.4) is 0 Å². The van der Waals surface area contributed by atoms with E-state index in [1.54, 1.807) is 0 Å². The van der Waals surface area contributed by atoms with Gasteiger partial charge >= 0.3 is 0 Å². The highest BCUT2D eigenvalue weighted by Gasteiger charge is 2.15. The van der Waals surface area contributed by atoms with Crippen molar-refractivity contribution in [2.24, 2.45) is 0 Å². The monoisotopic (exact) mass is 425 g/mol. The van der Waals surface area contributed by atoms with Crippen molar-refractivity contribution in [2.45, 2.75) is 17.1 Å². The normalized spacial score (nSPS) is 11.4. The molecule has 148 valence electrons. The van der Waals surface area contributed by atoms with Crippen LogP contribution in [-0.4, -0.2) is 16.3 Å². The Hall–Kier alpha value is -2.90. The van der Waals surface area contributed by atoms with Crippen LogP contribution < -0.4 is 16.0 Å². The molecule has 4 nitrogen and oxygen atoms in total. The lowest BCUT2D eigenvalue weighted by atomic mass is 10.3. The zero-order valence-electron chi connectivity index (χ0n) is 15.7. The fraction of sp³-hybridized carbons (Fsp3) is 0.0909. The maximum Gasteiger partial charge on any atom is 0.237 e. The smallest absolute Gasteiger partial charge is 0.237 e. The van der Waals surface area contributed by atoms with Crippen molar-refractivity contribution < 1.29 is 9.18 Å². The second-order valence-corrected chi connectivity index (χ2v) is 8.05. The third-order valence-corrected chi connectivity index (χ3v) is 5.22. The van der Waals surface area contributed by atoms with Crippen LogP contribution in [0.5, 0.6) is 0 Å². The number of halogens is 1. The van der Waals surface area contributed by atoms with E-state index < -0.39 is 0 Å². The lowest BCUT2D eigenvalue weighted by molar-refractivity contribution is -0.115. The molecule has 29 heavy (non-hydrogen) atoms. The van der Waals surface area contributed by atoms with Crippen LogP contribution in [0, 0.1) is 5.82 Å². The van der Waals surface area contributed by atoms with E-state index in [9.17, 15) is 9.18 Å². The van der Waals surface area contributed by atoms with Gasteiger partial charge in [-0.1, -0.05) is 24.3 Å². The summed E-state index contributed by atoms with van der Waals surface area (Å²) in [6, 6.07) is 23.1. The van der Waals surface area contributed by atoms with Crippen LogP contribution in [0.25, 0.3) is 0 Å². The molecule has 3 aromatic rings. The number of carbonyl (C=O) groups excluding carboxylic acids is 1. The summed E-state index contributed by atoms with van der Waals surface area (Å²) >= 11 is 6.78. The van der Waals surface area contributed by atoms with Crippen molar-refractivity contribution in [2.75, 3.05) is 16.0 Å². The quantitative estimate of drug-likeness (QED) is 0.347. The van der Waals surface area contributed by atoms with E-state index in [2.05, 4.69) is 16.0 Å². The summed E-state index contributed by atoms with van der Waals surface area (Å²) < 4.78 is 13.0. The summed E-state index contributed by atoms with van der Waals surface area (Å²) in [5.74, 6) is -0.490. The van der Waals surface area contributed by atoms with Crippen molar-refractivity contribution in [1.29, 1.82) is 0 Å². The van der Waals surface area contributed by atoms with Gasteiger partial charge in [-0.2, -0.15) is 0 Å². The molecule has 3 aromatic carbocycles. The third-order valence-electron chi connectivity index (χ3n) is 3.92. The van der Waals surface area contributed by atoms with E-state index in [1.807, 2.05) is 61.5 Å². The van der Waals surface area contributed by atoms with Crippen molar-refractivity contribution in [3.63, 3.8) is 0 Å². The van der Waals surface area contributed by atoms with Gasteiger partial charge in [-0.15, -0.1) is 11.8 Å². The average Bonchev–Trinajstić information content (AvgIpc) is 2.70. The van der Waals surface area contributed by atoms with Crippen molar-refractivity contribution in [1.82, 2.24) is 0 Å². The molecule has 0 aromatic heterocycles. The van der Waals surface area contributed by atoms with Gasteiger partial charge in [0.2, 0.25) is 5.91 Å². The van der Waals surface area contributed by atoms with Gasteiger partial charge in [0.25, 0.3) is 0 Å². The van der Waals surface area contributed by atoms with Crippen molar-refractivity contribution in [3.8, 4) is 0 Å². The Balaban J connectivity index is 1.56. The topological polar surface area (TPSA) is 53.2 Å². The maximum absolute atomic E-state index is 13.0. The molecule has 0 radical (unpaired) electrons. The van der Waals surface area contributed by atoms with Gasteiger partial charge in [0, 0.05) is 22.0 Å². The highest BCUT2D eigenvalue weighted by Crippen LogP contribution is 2.26. The molecule has 0 fully saturated rings. The van der Waals surface area contributed by atoms with Gasteiger partial charge in [0.15, 0.2) is 5.11 Å². The highest BCUT2D eigenvalue weighted by molar-refractivity contribution is 8.00. The highest BCUT2D eigenvalue weighted by atomic mass is 32.2. The molecule has 0 bridgehead atoms. The number of para-hydroxylation sites is 1. The molecule has 0 saturated heterocycles. The summed E-state index contributed by atoms with van der Waals surface area (Å²) in [5, 5.41) is 9.22.